The van der Waals surface area contributed by atoms with Gasteiger partial charge in [0, 0.05) is 18.9 Å². The highest BCUT2D eigenvalue weighted by atomic mass is 16.5. The standard InChI is InChI=1S/C18H30N2O5/c1-13(11-21)19-15(22)10-14-8-6-4-5-7-9-16(23)25-12-18(2,3)20-17(14)24/h4,6,13-14,21H,5,7-12H2,1-3H3,(H,19,22)(H,20,24)/t13-,14+/m0/s1. The van der Waals surface area contributed by atoms with Gasteiger partial charge >= 0.3 is 5.97 Å². The molecule has 2 amide bonds. The molecule has 7 nitrogen and oxygen atoms in total. The van der Waals surface area contributed by atoms with E-state index < -0.39 is 11.5 Å². The topological polar surface area (TPSA) is 105 Å². The summed E-state index contributed by atoms with van der Waals surface area (Å²) in [4.78, 5) is 36.3. The van der Waals surface area contributed by atoms with Crippen LogP contribution in [-0.2, 0) is 19.1 Å². The minimum atomic E-state index is -0.711. The van der Waals surface area contributed by atoms with Crippen LogP contribution >= 0.6 is 0 Å². The number of cyclic esters (lactones) is 1. The molecule has 142 valence electrons. The molecule has 0 aliphatic carbocycles. The first-order valence-electron chi connectivity index (χ1n) is 8.76. The van der Waals surface area contributed by atoms with Gasteiger partial charge in [-0.3, -0.25) is 14.4 Å². The third-order valence-corrected chi connectivity index (χ3v) is 3.88. The van der Waals surface area contributed by atoms with Gasteiger partial charge in [0.25, 0.3) is 0 Å². The smallest absolute Gasteiger partial charge is 0.305 e. The fourth-order valence-electron chi connectivity index (χ4n) is 2.43. The van der Waals surface area contributed by atoms with Gasteiger partial charge in [-0.1, -0.05) is 12.2 Å². The Labute approximate surface area is 149 Å². The molecule has 0 spiro atoms. The molecule has 0 unspecified atom stereocenters. The summed E-state index contributed by atoms with van der Waals surface area (Å²) in [6.45, 7) is 5.18. The quantitative estimate of drug-likeness (QED) is 0.517. The van der Waals surface area contributed by atoms with Crippen molar-refractivity contribution in [3.8, 4) is 0 Å². The van der Waals surface area contributed by atoms with E-state index in [0.29, 0.717) is 19.3 Å². The number of aliphatic hydroxyl groups is 1. The fraction of sp³-hybridized carbons (Fsp3) is 0.722. The maximum absolute atomic E-state index is 12.6. The number of nitrogens with one attached hydrogen (secondary N) is 2. The van der Waals surface area contributed by atoms with Crippen LogP contribution in [0.1, 0.15) is 52.9 Å². The van der Waals surface area contributed by atoms with E-state index in [1.54, 1.807) is 20.8 Å². The number of allylic oxidation sites excluding steroid dienone is 2. The van der Waals surface area contributed by atoms with Crippen LogP contribution in [0.3, 0.4) is 0 Å². The Morgan fingerprint density at radius 3 is 2.84 bits per heavy atom. The van der Waals surface area contributed by atoms with Crippen LogP contribution in [0.4, 0.5) is 0 Å². The summed E-state index contributed by atoms with van der Waals surface area (Å²) in [7, 11) is 0. The summed E-state index contributed by atoms with van der Waals surface area (Å²) < 4.78 is 5.22. The minimum absolute atomic E-state index is 0.0381. The summed E-state index contributed by atoms with van der Waals surface area (Å²) >= 11 is 0. The van der Waals surface area contributed by atoms with Crippen molar-refractivity contribution in [1.82, 2.24) is 10.6 Å². The molecular weight excluding hydrogens is 324 g/mol. The van der Waals surface area contributed by atoms with Crippen LogP contribution in [0.2, 0.25) is 0 Å². The summed E-state index contributed by atoms with van der Waals surface area (Å²) in [6.07, 6.45) is 6.04. The van der Waals surface area contributed by atoms with Gasteiger partial charge in [0.1, 0.15) is 6.61 Å². The molecule has 1 heterocycles. The van der Waals surface area contributed by atoms with Gasteiger partial charge < -0.3 is 20.5 Å². The van der Waals surface area contributed by atoms with Crippen molar-refractivity contribution in [2.75, 3.05) is 13.2 Å². The number of amides is 2. The normalized spacial score (nSPS) is 23.3. The molecule has 3 N–H and O–H groups in total. The van der Waals surface area contributed by atoms with Gasteiger partial charge in [-0.15, -0.1) is 0 Å². The lowest BCUT2D eigenvalue weighted by atomic mass is 9.96. The minimum Gasteiger partial charge on any atom is -0.463 e. The van der Waals surface area contributed by atoms with E-state index >= 15 is 0 Å². The van der Waals surface area contributed by atoms with E-state index in [2.05, 4.69) is 10.6 Å². The molecule has 0 aromatic carbocycles. The maximum atomic E-state index is 12.6. The third-order valence-electron chi connectivity index (χ3n) is 3.88. The Hall–Kier alpha value is -1.89. The third kappa shape index (κ3) is 8.67. The Bertz CT molecular complexity index is 502. The SMILES string of the molecule is C[C@@H](CO)NC(=O)C[C@H]1CC=CCCCC(=O)OCC(C)(C)NC1=O. The summed E-state index contributed by atoms with van der Waals surface area (Å²) in [5.74, 6) is -1.32. The van der Waals surface area contributed by atoms with Crippen molar-refractivity contribution in [2.24, 2.45) is 5.92 Å². The van der Waals surface area contributed by atoms with E-state index in [1.165, 1.54) is 0 Å². The first kappa shape index (κ1) is 21.2. The monoisotopic (exact) mass is 354 g/mol. The lowest BCUT2D eigenvalue weighted by Crippen LogP contribution is -2.50. The first-order valence-corrected chi connectivity index (χ1v) is 8.76. The molecule has 0 bridgehead atoms. The second-order valence-corrected chi connectivity index (χ2v) is 7.19. The summed E-state index contributed by atoms with van der Waals surface area (Å²) in [6, 6.07) is -0.350. The zero-order valence-corrected chi connectivity index (χ0v) is 15.3. The summed E-state index contributed by atoms with van der Waals surface area (Å²) in [5.41, 5.74) is -0.711. The lowest BCUT2D eigenvalue weighted by molar-refractivity contribution is -0.146. The van der Waals surface area contributed by atoms with Crippen molar-refractivity contribution < 1.29 is 24.2 Å². The van der Waals surface area contributed by atoms with Crippen LogP contribution in [0.15, 0.2) is 12.2 Å². The Kier molecular flexibility index (Phi) is 8.61. The molecule has 0 aromatic rings. The molecule has 0 saturated heterocycles. The highest BCUT2D eigenvalue weighted by Crippen LogP contribution is 2.15. The highest BCUT2D eigenvalue weighted by molar-refractivity contribution is 5.86. The zero-order valence-electron chi connectivity index (χ0n) is 15.3. The van der Waals surface area contributed by atoms with E-state index in [0.717, 1.165) is 6.42 Å². The summed E-state index contributed by atoms with van der Waals surface area (Å²) in [5, 5.41) is 14.5. The Morgan fingerprint density at radius 1 is 1.44 bits per heavy atom. The van der Waals surface area contributed by atoms with Gasteiger partial charge in [-0.25, -0.2) is 0 Å². The number of hydrogen-bond acceptors (Lipinski definition) is 5. The van der Waals surface area contributed by atoms with Crippen LogP contribution in [-0.4, -0.2) is 47.7 Å². The van der Waals surface area contributed by atoms with Gasteiger partial charge in [0.2, 0.25) is 11.8 Å². The van der Waals surface area contributed by atoms with E-state index in [-0.39, 0.29) is 43.5 Å². The van der Waals surface area contributed by atoms with Gasteiger partial charge in [-0.05, 0) is 40.0 Å². The molecule has 7 heteroatoms. The molecular formula is C18H30N2O5. The van der Waals surface area contributed by atoms with E-state index in [4.69, 9.17) is 9.84 Å². The van der Waals surface area contributed by atoms with Crippen molar-refractivity contribution in [3.05, 3.63) is 12.2 Å². The fourth-order valence-corrected chi connectivity index (χ4v) is 2.43. The van der Waals surface area contributed by atoms with E-state index in [9.17, 15) is 14.4 Å². The van der Waals surface area contributed by atoms with Crippen LogP contribution in [0.25, 0.3) is 0 Å². The number of rotatable bonds is 4. The highest BCUT2D eigenvalue weighted by Gasteiger charge is 2.28. The molecule has 25 heavy (non-hydrogen) atoms. The number of aliphatic hydroxyl groups excluding tert-OH is 1. The molecule has 0 saturated carbocycles. The molecule has 0 fully saturated rings. The molecule has 2 atom stereocenters. The lowest BCUT2D eigenvalue weighted by Gasteiger charge is -2.28. The van der Waals surface area contributed by atoms with Crippen molar-refractivity contribution in [3.63, 3.8) is 0 Å². The van der Waals surface area contributed by atoms with Crippen LogP contribution in [0, 0.1) is 5.92 Å². The molecule has 1 rings (SSSR count). The van der Waals surface area contributed by atoms with Crippen molar-refractivity contribution in [2.45, 2.75) is 64.5 Å². The number of ether oxygens (including phenoxy) is 1. The predicted octanol–water partition coefficient (Wildman–Crippen LogP) is 1.06. The molecule has 1 aliphatic rings. The predicted molar refractivity (Wildman–Crippen MR) is 93.6 cm³/mol. The van der Waals surface area contributed by atoms with Crippen LogP contribution < -0.4 is 10.6 Å². The van der Waals surface area contributed by atoms with Crippen molar-refractivity contribution >= 4 is 17.8 Å². The number of carbonyl (C=O) groups excluding carboxylic acids is 3. The second-order valence-electron chi connectivity index (χ2n) is 7.19. The van der Waals surface area contributed by atoms with Gasteiger partial charge in [-0.2, -0.15) is 0 Å². The van der Waals surface area contributed by atoms with Crippen molar-refractivity contribution in [1.29, 1.82) is 0 Å². The zero-order chi connectivity index (χ0) is 18.9. The average molecular weight is 354 g/mol. The van der Waals surface area contributed by atoms with Gasteiger partial charge in [0.05, 0.1) is 18.1 Å². The largest absolute Gasteiger partial charge is 0.463 e. The second kappa shape index (κ2) is 10.2. The Balaban J connectivity index is 2.80. The molecule has 0 aromatic heterocycles. The number of carbonyl (C=O) groups is 3. The number of esters is 1. The maximum Gasteiger partial charge on any atom is 0.305 e. The first-order chi connectivity index (χ1) is 11.7. The average Bonchev–Trinajstić information content (AvgIpc) is 2.54. The van der Waals surface area contributed by atoms with Gasteiger partial charge in [0.15, 0.2) is 0 Å². The Morgan fingerprint density at radius 2 is 2.16 bits per heavy atom. The number of hydrogen-bond donors (Lipinski definition) is 3. The van der Waals surface area contributed by atoms with Crippen LogP contribution in [0.5, 0.6) is 0 Å². The molecule has 0 radical (unpaired) electrons. The van der Waals surface area contributed by atoms with E-state index in [1.807, 2.05) is 12.2 Å². The molecule has 1 aliphatic heterocycles.